The van der Waals surface area contributed by atoms with Gasteiger partial charge in [0.1, 0.15) is 0 Å². The summed E-state index contributed by atoms with van der Waals surface area (Å²) in [6.45, 7) is 7.58. The van der Waals surface area contributed by atoms with E-state index in [1.807, 2.05) is 6.92 Å². The summed E-state index contributed by atoms with van der Waals surface area (Å²) < 4.78 is 4.70. The lowest BCUT2D eigenvalue weighted by atomic mass is 9.79. The number of carbonyl (C=O) groups excluding carboxylic acids is 1. The summed E-state index contributed by atoms with van der Waals surface area (Å²) in [5.74, 6) is -0.157. The van der Waals surface area contributed by atoms with Gasteiger partial charge in [0.15, 0.2) is 0 Å². The van der Waals surface area contributed by atoms with Gasteiger partial charge in [-0.2, -0.15) is 0 Å². The monoisotopic (exact) mass is 210 g/mol. The summed E-state index contributed by atoms with van der Waals surface area (Å²) in [5, 5.41) is 9.81. The molecule has 0 amide bonds. The maximum Gasteiger partial charge on any atom is 0.333 e. The zero-order chi connectivity index (χ0) is 11.6. The number of methoxy groups -OCH3 is 1. The number of aliphatic hydroxyl groups excluding tert-OH is 1. The van der Waals surface area contributed by atoms with Gasteiger partial charge in [-0.15, -0.1) is 0 Å². The predicted molar refractivity (Wildman–Crippen MR) is 58.3 cm³/mol. The molecule has 1 aliphatic rings. The molecule has 0 radical (unpaired) electrons. The fraction of sp³-hybridized carbons (Fsp3) is 0.583. The van der Waals surface area contributed by atoms with Gasteiger partial charge in [-0.05, 0) is 38.2 Å². The number of ether oxygens (including phenoxy) is 1. The van der Waals surface area contributed by atoms with Crippen LogP contribution in [0.25, 0.3) is 0 Å². The maximum absolute atomic E-state index is 11.5. The second kappa shape index (κ2) is 4.62. The van der Waals surface area contributed by atoms with E-state index in [0.29, 0.717) is 18.4 Å². The Labute approximate surface area is 90.4 Å². The number of aliphatic hydroxyl groups is 1. The van der Waals surface area contributed by atoms with Crippen molar-refractivity contribution in [3.63, 3.8) is 0 Å². The lowest BCUT2D eigenvalue weighted by Crippen LogP contribution is -2.26. The molecule has 84 valence electrons. The molecule has 3 heteroatoms. The van der Waals surface area contributed by atoms with Crippen molar-refractivity contribution in [2.45, 2.75) is 32.8 Å². The van der Waals surface area contributed by atoms with Gasteiger partial charge in [-0.1, -0.05) is 12.2 Å². The summed E-state index contributed by atoms with van der Waals surface area (Å²) in [6.07, 6.45) is 0.738. The van der Waals surface area contributed by atoms with Gasteiger partial charge in [-0.3, -0.25) is 0 Å². The van der Waals surface area contributed by atoms with Crippen molar-refractivity contribution in [3.8, 4) is 0 Å². The van der Waals surface area contributed by atoms with E-state index in [2.05, 4.69) is 6.58 Å². The molecule has 1 N–H and O–H groups in total. The molecule has 0 aliphatic heterocycles. The number of carbonyl (C=O) groups is 1. The topological polar surface area (TPSA) is 46.5 Å². The Morgan fingerprint density at radius 3 is 2.67 bits per heavy atom. The number of esters is 1. The first-order valence-corrected chi connectivity index (χ1v) is 5.08. The van der Waals surface area contributed by atoms with Gasteiger partial charge < -0.3 is 9.84 Å². The first kappa shape index (κ1) is 12.0. The lowest BCUT2D eigenvalue weighted by molar-refractivity contribution is -0.136. The van der Waals surface area contributed by atoms with E-state index in [4.69, 9.17) is 4.74 Å². The molecule has 0 aromatic heterocycles. The minimum absolute atomic E-state index is 0.179. The van der Waals surface area contributed by atoms with Crippen molar-refractivity contribution in [2.24, 2.45) is 5.92 Å². The second-order valence-electron chi connectivity index (χ2n) is 4.15. The number of rotatable bonds is 2. The zero-order valence-corrected chi connectivity index (χ0v) is 9.54. The van der Waals surface area contributed by atoms with E-state index in [9.17, 15) is 9.90 Å². The van der Waals surface area contributed by atoms with E-state index in [1.54, 1.807) is 6.92 Å². The van der Waals surface area contributed by atoms with E-state index in [0.717, 1.165) is 11.1 Å². The molecule has 0 unspecified atom stereocenters. The molecule has 0 bridgehead atoms. The summed E-state index contributed by atoms with van der Waals surface area (Å²) in [7, 11) is 1.36. The quantitative estimate of drug-likeness (QED) is 0.558. The molecule has 15 heavy (non-hydrogen) atoms. The smallest absolute Gasteiger partial charge is 0.333 e. The average Bonchev–Trinajstić information content (AvgIpc) is 2.20. The van der Waals surface area contributed by atoms with Crippen LogP contribution < -0.4 is 0 Å². The van der Waals surface area contributed by atoms with Gasteiger partial charge in [-0.25, -0.2) is 4.79 Å². The van der Waals surface area contributed by atoms with Gasteiger partial charge >= 0.3 is 5.97 Å². The van der Waals surface area contributed by atoms with E-state index < -0.39 is 6.10 Å². The van der Waals surface area contributed by atoms with Gasteiger partial charge in [0.05, 0.1) is 13.2 Å². The first-order valence-electron chi connectivity index (χ1n) is 5.08. The SMILES string of the molecule is C=C(C)[C@@H]1CC(C(=O)OC)=C(C)[C@H](O)C1. The molecule has 0 saturated heterocycles. The Hall–Kier alpha value is -1.09. The molecular weight excluding hydrogens is 192 g/mol. The van der Waals surface area contributed by atoms with E-state index in [1.165, 1.54) is 7.11 Å². The van der Waals surface area contributed by atoms with Crippen molar-refractivity contribution in [1.29, 1.82) is 0 Å². The fourth-order valence-corrected chi connectivity index (χ4v) is 1.88. The van der Waals surface area contributed by atoms with Crippen LogP contribution in [0.1, 0.15) is 26.7 Å². The van der Waals surface area contributed by atoms with Crippen molar-refractivity contribution in [3.05, 3.63) is 23.3 Å². The third kappa shape index (κ3) is 2.48. The van der Waals surface area contributed by atoms with Crippen molar-refractivity contribution in [2.75, 3.05) is 7.11 Å². The third-order valence-corrected chi connectivity index (χ3v) is 3.06. The lowest BCUT2D eigenvalue weighted by Gasteiger charge is -2.28. The maximum atomic E-state index is 11.5. The van der Waals surface area contributed by atoms with Crippen LogP contribution in [0.2, 0.25) is 0 Å². The largest absolute Gasteiger partial charge is 0.466 e. The first-order chi connectivity index (χ1) is 6.97. The van der Waals surface area contributed by atoms with E-state index >= 15 is 0 Å². The average molecular weight is 210 g/mol. The van der Waals surface area contributed by atoms with Crippen molar-refractivity contribution in [1.82, 2.24) is 0 Å². The van der Waals surface area contributed by atoms with Crippen molar-refractivity contribution < 1.29 is 14.6 Å². The Morgan fingerprint density at radius 1 is 1.60 bits per heavy atom. The molecule has 0 spiro atoms. The third-order valence-electron chi connectivity index (χ3n) is 3.06. The molecule has 1 aliphatic carbocycles. The van der Waals surface area contributed by atoms with Gasteiger partial charge in [0, 0.05) is 5.57 Å². The molecule has 0 fully saturated rings. The molecule has 1 rings (SSSR count). The van der Waals surface area contributed by atoms with Crippen LogP contribution in [0.3, 0.4) is 0 Å². The minimum atomic E-state index is -0.547. The van der Waals surface area contributed by atoms with Gasteiger partial charge in [0.25, 0.3) is 0 Å². The molecule has 2 atom stereocenters. The van der Waals surface area contributed by atoms with Crippen LogP contribution >= 0.6 is 0 Å². The highest BCUT2D eigenvalue weighted by molar-refractivity contribution is 5.89. The summed E-state index contributed by atoms with van der Waals surface area (Å²) >= 11 is 0. The van der Waals surface area contributed by atoms with Crippen molar-refractivity contribution >= 4 is 5.97 Å². The molecule has 0 aromatic carbocycles. The van der Waals surface area contributed by atoms with Crippen LogP contribution in [-0.4, -0.2) is 24.3 Å². The highest BCUT2D eigenvalue weighted by atomic mass is 16.5. The summed E-state index contributed by atoms with van der Waals surface area (Å²) in [4.78, 5) is 11.5. The number of allylic oxidation sites excluding steroid dienone is 1. The fourth-order valence-electron chi connectivity index (χ4n) is 1.88. The predicted octanol–water partition coefficient (Wildman–Crippen LogP) is 1.82. The van der Waals surface area contributed by atoms with Crippen LogP contribution in [-0.2, 0) is 9.53 Å². The highest BCUT2D eigenvalue weighted by Gasteiger charge is 2.29. The van der Waals surface area contributed by atoms with Crippen LogP contribution in [0.4, 0.5) is 0 Å². The van der Waals surface area contributed by atoms with Crippen LogP contribution in [0, 0.1) is 5.92 Å². The summed E-state index contributed by atoms with van der Waals surface area (Å²) in [6, 6.07) is 0. The molecular formula is C12H18O3. The Kier molecular flexibility index (Phi) is 3.69. The highest BCUT2D eigenvalue weighted by Crippen LogP contribution is 2.33. The molecule has 0 saturated carbocycles. The van der Waals surface area contributed by atoms with Gasteiger partial charge in [0.2, 0.25) is 0 Å². The second-order valence-corrected chi connectivity index (χ2v) is 4.15. The van der Waals surface area contributed by atoms with E-state index in [-0.39, 0.29) is 11.9 Å². The summed E-state index contributed by atoms with van der Waals surface area (Å²) in [5.41, 5.74) is 2.34. The number of hydrogen-bond acceptors (Lipinski definition) is 3. The number of hydrogen-bond donors (Lipinski definition) is 1. The standard InChI is InChI=1S/C12H18O3/c1-7(2)9-5-10(12(14)15-4)8(3)11(13)6-9/h9,11,13H,1,5-6H2,2-4H3/t9-,11-/m1/s1. The molecule has 0 heterocycles. The Balaban J connectivity index is 2.96. The van der Waals surface area contributed by atoms with Crippen LogP contribution in [0.15, 0.2) is 23.3 Å². The Bertz CT molecular complexity index is 315. The normalized spacial score (nSPS) is 26.4. The Morgan fingerprint density at radius 2 is 2.20 bits per heavy atom. The van der Waals surface area contributed by atoms with Crippen LogP contribution in [0.5, 0.6) is 0 Å². The zero-order valence-electron chi connectivity index (χ0n) is 9.54. The molecule has 3 nitrogen and oxygen atoms in total. The molecule has 0 aromatic rings. The minimum Gasteiger partial charge on any atom is -0.466 e.